The maximum absolute atomic E-state index is 11.1. The third-order valence-corrected chi connectivity index (χ3v) is 17.7. The van der Waals surface area contributed by atoms with Crippen molar-refractivity contribution in [1.82, 2.24) is 0 Å². The lowest BCUT2D eigenvalue weighted by Crippen LogP contribution is -2.51. The van der Waals surface area contributed by atoms with E-state index in [-0.39, 0.29) is 0 Å². The van der Waals surface area contributed by atoms with E-state index in [1.807, 2.05) is 30.3 Å². The van der Waals surface area contributed by atoms with Crippen LogP contribution in [0.1, 0.15) is 180 Å². The summed E-state index contributed by atoms with van der Waals surface area (Å²) in [5.74, 6) is 6.98. The van der Waals surface area contributed by atoms with Gasteiger partial charge < -0.3 is 24.1 Å². The SMILES string of the molecule is COc1ccc(C(OCCC(O)CCCCCCCCCOC2CC[C@@]3(C)C(=CC[C@H]4[C@@H]5CC[C@H]([C@H](C)CCCC(C)C)[C@@]5(C)CC[C@@H]43)C2)(c2ccccc2)c2ccc(OC)cc2)cc1. The number of allylic oxidation sites excluding steroid dienone is 1. The van der Waals surface area contributed by atoms with Crippen molar-refractivity contribution in [3.05, 3.63) is 107 Å². The summed E-state index contributed by atoms with van der Waals surface area (Å²) in [6.45, 7) is 14.1. The summed E-state index contributed by atoms with van der Waals surface area (Å²) >= 11 is 0. The van der Waals surface area contributed by atoms with Crippen LogP contribution in [0.15, 0.2) is 90.5 Å². The van der Waals surface area contributed by atoms with Crippen LogP contribution in [0.5, 0.6) is 11.5 Å². The Hall–Kier alpha value is -3.12. The van der Waals surface area contributed by atoms with Crippen LogP contribution < -0.4 is 9.47 Å². The highest BCUT2D eigenvalue weighted by molar-refractivity contribution is 5.49. The van der Waals surface area contributed by atoms with Crippen molar-refractivity contribution in [3.8, 4) is 11.5 Å². The zero-order valence-electron chi connectivity index (χ0n) is 41.8. The molecule has 5 heteroatoms. The first kappa shape index (κ1) is 49.8. The molecule has 9 atom stereocenters. The second-order valence-electron chi connectivity index (χ2n) is 22.1. The molecular formula is C60H88O5. The van der Waals surface area contributed by atoms with Gasteiger partial charge in [0.05, 0.1) is 33.0 Å². The predicted octanol–water partition coefficient (Wildman–Crippen LogP) is 15.3. The van der Waals surface area contributed by atoms with Gasteiger partial charge in [-0.15, -0.1) is 0 Å². The highest BCUT2D eigenvalue weighted by Crippen LogP contribution is 2.67. The van der Waals surface area contributed by atoms with Gasteiger partial charge in [-0.05, 0) is 158 Å². The number of unbranched alkanes of at least 4 members (excludes halogenated alkanes) is 6. The number of aliphatic hydroxyl groups is 1. The van der Waals surface area contributed by atoms with Crippen LogP contribution in [0, 0.1) is 46.3 Å². The molecule has 358 valence electrons. The van der Waals surface area contributed by atoms with E-state index in [1.54, 1.807) is 19.8 Å². The van der Waals surface area contributed by atoms with Crippen molar-refractivity contribution in [2.75, 3.05) is 27.4 Å². The van der Waals surface area contributed by atoms with Gasteiger partial charge in [-0.1, -0.05) is 159 Å². The lowest BCUT2D eigenvalue weighted by atomic mass is 9.47. The molecule has 0 saturated heterocycles. The maximum Gasteiger partial charge on any atom is 0.143 e. The molecule has 0 aliphatic heterocycles. The molecule has 0 aromatic heterocycles. The second kappa shape index (κ2) is 23.3. The molecule has 0 heterocycles. The molecule has 3 aromatic rings. The molecule has 3 fully saturated rings. The van der Waals surface area contributed by atoms with Gasteiger partial charge in [0.25, 0.3) is 0 Å². The number of ether oxygens (including phenoxy) is 4. The standard InChI is InChI=1S/C60H88O5/c1-44(2)19-18-20-45(3)55-34-35-56-54-33-28-49-43-53(36-39-58(49,4)57(54)37-40-59(55,56)5)64-41-17-12-10-8-9-11-16-23-50(61)38-42-65-60(46-21-14-13-15-22-46,47-24-29-51(62-6)30-25-47)48-26-31-52(63-7)32-27-48/h13-15,21-22,24-32,44-45,50,53-57,61H,8-12,16-20,23,33-43H2,1-7H3/t45-,50?,53?,54+,55-,56+,57+,58+,59-/m1/s1. The van der Waals surface area contributed by atoms with Crippen LogP contribution in [0.3, 0.4) is 0 Å². The molecule has 1 N–H and O–H groups in total. The van der Waals surface area contributed by atoms with E-state index < -0.39 is 11.7 Å². The van der Waals surface area contributed by atoms with Crippen LogP contribution in [-0.2, 0) is 15.1 Å². The summed E-state index contributed by atoms with van der Waals surface area (Å²) in [4.78, 5) is 0. The fourth-order valence-corrected chi connectivity index (χ4v) is 14.0. The van der Waals surface area contributed by atoms with Gasteiger partial charge in [-0.3, -0.25) is 0 Å². The number of aliphatic hydroxyl groups excluding tert-OH is 1. The Morgan fingerprint density at radius 3 is 1.91 bits per heavy atom. The Morgan fingerprint density at radius 1 is 0.631 bits per heavy atom. The monoisotopic (exact) mass is 889 g/mol. The molecule has 2 unspecified atom stereocenters. The normalized spacial score (nSPS) is 27.3. The number of benzene rings is 3. The highest BCUT2D eigenvalue weighted by Gasteiger charge is 2.59. The van der Waals surface area contributed by atoms with Gasteiger partial charge in [0.15, 0.2) is 0 Å². The Labute approximate surface area is 395 Å². The van der Waals surface area contributed by atoms with Gasteiger partial charge in [0.1, 0.15) is 17.1 Å². The smallest absolute Gasteiger partial charge is 0.143 e. The summed E-state index contributed by atoms with van der Waals surface area (Å²) in [5.41, 5.74) is 4.92. The van der Waals surface area contributed by atoms with Crippen LogP contribution in [-0.4, -0.2) is 44.7 Å². The van der Waals surface area contributed by atoms with Crippen molar-refractivity contribution in [3.63, 3.8) is 0 Å². The largest absolute Gasteiger partial charge is 0.497 e. The Kier molecular flexibility index (Phi) is 17.8. The van der Waals surface area contributed by atoms with Crippen molar-refractivity contribution in [1.29, 1.82) is 0 Å². The van der Waals surface area contributed by atoms with Crippen LogP contribution in [0.4, 0.5) is 0 Å². The minimum absolute atomic E-state index is 0.396. The quantitative estimate of drug-likeness (QED) is 0.0522. The Balaban J connectivity index is 0.788. The second-order valence-corrected chi connectivity index (χ2v) is 22.1. The molecule has 4 aliphatic rings. The molecule has 0 bridgehead atoms. The molecule has 0 amide bonds. The predicted molar refractivity (Wildman–Crippen MR) is 269 cm³/mol. The minimum Gasteiger partial charge on any atom is -0.497 e. The zero-order chi connectivity index (χ0) is 45.9. The zero-order valence-corrected chi connectivity index (χ0v) is 41.8. The van der Waals surface area contributed by atoms with E-state index in [2.05, 4.69) is 89.2 Å². The van der Waals surface area contributed by atoms with Crippen LogP contribution in [0.25, 0.3) is 0 Å². The molecule has 7 rings (SSSR count). The number of rotatable bonds is 25. The fourth-order valence-electron chi connectivity index (χ4n) is 14.0. The summed E-state index contributed by atoms with van der Waals surface area (Å²) in [6.07, 6.45) is 27.7. The number of fused-ring (bicyclic) bond motifs is 5. The van der Waals surface area contributed by atoms with E-state index in [9.17, 15) is 5.11 Å². The molecule has 3 aromatic carbocycles. The van der Waals surface area contributed by atoms with E-state index >= 15 is 0 Å². The third kappa shape index (κ3) is 11.6. The maximum atomic E-state index is 11.1. The van der Waals surface area contributed by atoms with E-state index in [0.29, 0.717) is 30.0 Å². The van der Waals surface area contributed by atoms with Crippen molar-refractivity contribution in [2.24, 2.45) is 46.3 Å². The first-order valence-corrected chi connectivity index (χ1v) is 26.5. The first-order valence-electron chi connectivity index (χ1n) is 26.5. The van der Waals surface area contributed by atoms with Gasteiger partial charge in [0, 0.05) is 6.61 Å². The number of hydrogen-bond donors (Lipinski definition) is 1. The number of methoxy groups -OCH3 is 2. The summed E-state index contributed by atoms with van der Waals surface area (Å²) < 4.78 is 24.6. The topological polar surface area (TPSA) is 57.2 Å². The summed E-state index contributed by atoms with van der Waals surface area (Å²) in [5, 5.41) is 11.1. The highest BCUT2D eigenvalue weighted by atomic mass is 16.5. The minimum atomic E-state index is -0.859. The summed E-state index contributed by atoms with van der Waals surface area (Å²) in [6, 6.07) is 26.6. The molecule has 5 nitrogen and oxygen atoms in total. The molecule has 4 aliphatic carbocycles. The van der Waals surface area contributed by atoms with Gasteiger partial charge in [-0.25, -0.2) is 0 Å². The van der Waals surface area contributed by atoms with Gasteiger partial charge in [0.2, 0.25) is 0 Å². The fraction of sp³-hybridized carbons (Fsp3) is 0.667. The van der Waals surface area contributed by atoms with Gasteiger partial charge >= 0.3 is 0 Å². The van der Waals surface area contributed by atoms with Crippen LogP contribution >= 0.6 is 0 Å². The van der Waals surface area contributed by atoms with Crippen LogP contribution in [0.2, 0.25) is 0 Å². The molecule has 65 heavy (non-hydrogen) atoms. The van der Waals surface area contributed by atoms with E-state index in [0.717, 1.165) is 89.6 Å². The molecule has 3 saturated carbocycles. The Bertz CT molecular complexity index is 1840. The average Bonchev–Trinajstić information content (AvgIpc) is 3.68. The molecule has 0 radical (unpaired) electrons. The summed E-state index contributed by atoms with van der Waals surface area (Å²) in [7, 11) is 3.37. The number of hydrogen-bond acceptors (Lipinski definition) is 5. The van der Waals surface area contributed by atoms with Crippen molar-refractivity contribution in [2.45, 2.75) is 181 Å². The van der Waals surface area contributed by atoms with Crippen molar-refractivity contribution >= 4 is 0 Å². The molecular weight excluding hydrogens is 801 g/mol. The van der Waals surface area contributed by atoms with E-state index in [4.69, 9.17) is 18.9 Å². The third-order valence-electron chi connectivity index (χ3n) is 17.7. The Morgan fingerprint density at radius 2 is 1.26 bits per heavy atom. The first-order chi connectivity index (χ1) is 31.5. The lowest BCUT2D eigenvalue weighted by molar-refractivity contribution is -0.0641. The van der Waals surface area contributed by atoms with Crippen molar-refractivity contribution < 1.29 is 24.1 Å². The average molecular weight is 889 g/mol. The lowest BCUT2D eigenvalue weighted by Gasteiger charge is -2.58. The van der Waals surface area contributed by atoms with E-state index in [1.165, 1.54) is 103 Å². The van der Waals surface area contributed by atoms with Gasteiger partial charge in [-0.2, -0.15) is 0 Å². The molecule has 0 spiro atoms.